The van der Waals surface area contributed by atoms with E-state index in [9.17, 15) is 9.59 Å². The van der Waals surface area contributed by atoms with Gasteiger partial charge in [-0.05, 0) is 49.4 Å². The first-order valence-electron chi connectivity index (χ1n) is 7.93. The molecular formula is C19H17ClN4O2. The molecule has 0 saturated carbocycles. The normalized spacial score (nSPS) is 10.4. The molecule has 3 rings (SSSR count). The van der Waals surface area contributed by atoms with Gasteiger partial charge in [-0.15, -0.1) is 0 Å². The molecule has 6 nitrogen and oxygen atoms in total. The smallest absolute Gasteiger partial charge is 0.259 e. The van der Waals surface area contributed by atoms with Gasteiger partial charge in [-0.3, -0.25) is 9.59 Å². The van der Waals surface area contributed by atoms with Crippen molar-refractivity contribution in [1.82, 2.24) is 9.78 Å². The summed E-state index contributed by atoms with van der Waals surface area (Å²) in [7, 11) is 0. The molecule has 0 atom stereocenters. The molecule has 2 aromatic carbocycles. The van der Waals surface area contributed by atoms with Gasteiger partial charge in [0.1, 0.15) is 0 Å². The lowest BCUT2D eigenvalue weighted by atomic mass is 10.2. The number of hydrogen-bond acceptors (Lipinski definition) is 3. The summed E-state index contributed by atoms with van der Waals surface area (Å²) in [5.74, 6) is -0.408. The van der Waals surface area contributed by atoms with Crippen molar-refractivity contribution in [1.29, 1.82) is 0 Å². The molecule has 0 fully saturated rings. The van der Waals surface area contributed by atoms with Gasteiger partial charge in [0.05, 0.1) is 23.1 Å². The summed E-state index contributed by atoms with van der Waals surface area (Å²) >= 11 is 6.02. The van der Waals surface area contributed by atoms with E-state index in [1.807, 2.05) is 19.1 Å². The van der Waals surface area contributed by atoms with E-state index in [0.717, 1.165) is 5.69 Å². The van der Waals surface area contributed by atoms with Crippen molar-refractivity contribution in [3.05, 3.63) is 71.0 Å². The van der Waals surface area contributed by atoms with Gasteiger partial charge in [-0.1, -0.05) is 17.7 Å². The number of anilines is 2. The molecule has 1 heterocycles. The Morgan fingerprint density at radius 1 is 1.04 bits per heavy atom. The lowest BCUT2D eigenvalue weighted by Crippen LogP contribution is -2.13. The number of amides is 2. The number of carbonyl (C=O) groups is 2. The van der Waals surface area contributed by atoms with Gasteiger partial charge in [0, 0.05) is 23.3 Å². The van der Waals surface area contributed by atoms with Crippen molar-refractivity contribution < 1.29 is 9.59 Å². The maximum atomic E-state index is 12.5. The molecular weight excluding hydrogens is 352 g/mol. The van der Waals surface area contributed by atoms with Crippen LogP contribution in [0.25, 0.3) is 5.69 Å². The van der Waals surface area contributed by atoms with E-state index in [4.69, 9.17) is 11.6 Å². The maximum absolute atomic E-state index is 12.5. The van der Waals surface area contributed by atoms with Crippen LogP contribution in [0.1, 0.15) is 23.0 Å². The quantitative estimate of drug-likeness (QED) is 0.729. The third-order valence-corrected chi connectivity index (χ3v) is 4.01. The first-order valence-corrected chi connectivity index (χ1v) is 8.31. The topological polar surface area (TPSA) is 76.0 Å². The molecule has 26 heavy (non-hydrogen) atoms. The maximum Gasteiger partial charge on any atom is 0.259 e. The predicted octanol–water partition coefficient (Wildman–Crippen LogP) is 4.04. The zero-order valence-corrected chi connectivity index (χ0v) is 15.0. The van der Waals surface area contributed by atoms with Gasteiger partial charge in [-0.25, -0.2) is 4.68 Å². The lowest BCUT2D eigenvalue weighted by Gasteiger charge is -2.08. The number of nitrogens with zero attached hydrogens (tertiary/aromatic N) is 2. The monoisotopic (exact) mass is 368 g/mol. The third kappa shape index (κ3) is 3.92. The van der Waals surface area contributed by atoms with E-state index < -0.39 is 0 Å². The zero-order valence-electron chi connectivity index (χ0n) is 14.3. The Morgan fingerprint density at radius 2 is 1.69 bits per heavy atom. The van der Waals surface area contributed by atoms with E-state index in [1.54, 1.807) is 41.1 Å². The minimum atomic E-state index is -0.261. The van der Waals surface area contributed by atoms with Gasteiger partial charge in [0.15, 0.2) is 0 Å². The number of benzene rings is 2. The van der Waals surface area contributed by atoms with E-state index in [1.165, 1.54) is 13.1 Å². The molecule has 132 valence electrons. The average molecular weight is 369 g/mol. The summed E-state index contributed by atoms with van der Waals surface area (Å²) in [6, 6.07) is 14.1. The number of halogens is 1. The van der Waals surface area contributed by atoms with Crippen molar-refractivity contribution in [3.63, 3.8) is 0 Å². The SMILES string of the molecule is CC(=O)Nc1ccc(NC(=O)c2cnn(-c3cccc(Cl)c3)c2C)cc1. The number of hydrogen-bond donors (Lipinski definition) is 2. The minimum Gasteiger partial charge on any atom is -0.326 e. The van der Waals surface area contributed by atoms with Crippen LogP contribution in [0.3, 0.4) is 0 Å². The zero-order chi connectivity index (χ0) is 18.7. The fourth-order valence-electron chi connectivity index (χ4n) is 2.54. The van der Waals surface area contributed by atoms with E-state index >= 15 is 0 Å². The number of rotatable bonds is 4. The Hall–Kier alpha value is -3.12. The molecule has 0 spiro atoms. The fourth-order valence-corrected chi connectivity index (χ4v) is 2.72. The predicted molar refractivity (Wildman–Crippen MR) is 102 cm³/mol. The summed E-state index contributed by atoms with van der Waals surface area (Å²) in [4.78, 5) is 23.6. The summed E-state index contributed by atoms with van der Waals surface area (Å²) < 4.78 is 1.67. The highest BCUT2D eigenvalue weighted by Crippen LogP contribution is 2.19. The molecule has 2 N–H and O–H groups in total. The van der Waals surface area contributed by atoms with E-state index in [-0.39, 0.29) is 11.8 Å². The Bertz CT molecular complexity index is 964. The molecule has 0 radical (unpaired) electrons. The van der Waals surface area contributed by atoms with Gasteiger partial charge in [0.25, 0.3) is 5.91 Å². The fraction of sp³-hybridized carbons (Fsp3) is 0.105. The summed E-state index contributed by atoms with van der Waals surface area (Å²) in [6.45, 7) is 3.26. The van der Waals surface area contributed by atoms with Crippen molar-refractivity contribution >= 4 is 34.8 Å². The Kier molecular flexibility index (Phi) is 5.04. The average Bonchev–Trinajstić information content (AvgIpc) is 2.98. The highest BCUT2D eigenvalue weighted by Gasteiger charge is 2.15. The standard InChI is InChI=1S/C19H17ClN4O2/c1-12-18(11-21-24(12)17-5-3-4-14(20)10-17)19(26)23-16-8-6-15(7-9-16)22-13(2)25/h3-11H,1-2H3,(H,22,25)(H,23,26). The third-order valence-electron chi connectivity index (χ3n) is 3.77. The second kappa shape index (κ2) is 7.41. The van der Waals surface area contributed by atoms with Crippen molar-refractivity contribution in [3.8, 4) is 5.69 Å². The highest BCUT2D eigenvalue weighted by molar-refractivity contribution is 6.30. The van der Waals surface area contributed by atoms with Crippen LogP contribution in [-0.2, 0) is 4.79 Å². The molecule has 7 heteroatoms. The van der Waals surface area contributed by atoms with Gasteiger partial charge < -0.3 is 10.6 Å². The number of carbonyl (C=O) groups excluding carboxylic acids is 2. The molecule has 0 bridgehead atoms. The molecule has 0 aliphatic rings. The van der Waals surface area contributed by atoms with E-state index in [2.05, 4.69) is 15.7 Å². The van der Waals surface area contributed by atoms with Crippen LogP contribution in [0, 0.1) is 6.92 Å². The first kappa shape index (κ1) is 17.7. The summed E-state index contributed by atoms with van der Waals surface area (Å²) in [6.07, 6.45) is 1.53. The lowest BCUT2D eigenvalue weighted by molar-refractivity contribution is -0.114. The first-order chi connectivity index (χ1) is 12.4. The van der Waals surface area contributed by atoms with Crippen LogP contribution in [-0.4, -0.2) is 21.6 Å². The van der Waals surface area contributed by atoms with Crippen LogP contribution >= 0.6 is 11.6 Å². The largest absolute Gasteiger partial charge is 0.326 e. The van der Waals surface area contributed by atoms with Crippen LogP contribution in [0.5, 0.6) is 0 Å². The number of nitrogens with one attached hydrogen (secondary N) is 2. The van der Waals surface area contributed by atoms with Crippen LogP contribution in [0.15, 0.2) is 54.7 Å². The molecule has 3 aromatic rings. The van der Waals surface area contributed by atoms with Crippen LogP contribution in [0.2, 0.25) is 5.02 Å². The summed E-state index contributed by atoms with van der Waals surface area (Å²) in [5, 5.41) is 10.4. The van der Waals surface area contributed by atoms with Crippen LogP contribution < -0.4 is 10.6 Å². The van der Waals surface area contributed by atoms with Gasteiger partial charge in [0.2, 0.25) is 5.91 Å². The number of aromatic nitrogens is 2. The molecule has 0 saturated heterocycles. The van der Waals surface area contributed by atoms with Crippen molar-refractivity contribution in [2.24, 2.45) is 0 Å². The molecule has 1 aromatic heterocycles. The second-order valence-corrected chi connectivity index (χ2v) is 6.18. The van der Waals surface area contributed by atoms with E-state index in [0.29, 0.717) is 27.7 Å². The minimum absolute atomic E-state index is 0.147. The Morgan fingerprint density at radius 3 is 2.31 bits per heavy atom. The Balaban J connectivity index is 1.77. The molecule has 0 aliphatic carbocycles. The van der Waals surface area contributed by atoms with Gasteiger partial charge in [-0.2, -0.15) is 5.10 Å². The Labute approximate surface area is 155 Å². The van der Waals surface area contributed by atoms with Crippen molar-refractivity contribution in [2.75, 3.05) is 10.6 Å². The summed E-state index contributed by atoms with van der Waals surface area (Å²) in [5.41, 5.74) is 3.25. The highest BCUT2D eigenvalue weighted by atomic mass is 35.5. The molecule has 0 unspecified atom stereocenters. The van der Waals surface area contributed by atoms with Crippen molar-refractivity contribution in [2.45, 2.75) is 13.8 Å². The molecule has 2 amide bonds. The van der Waals surface area contributed by atoms with Crippen LogP contribution in [0.4, 0.5) is 11.4 Å². The second-order valence-electron chi connectivity index (χ2n) is 5.75. The van der Waals surface area contributed by atoms with Gasteiger partial charge >= 0.3 is 0 Å². The molecule has 0 aliphatic heterocycles.